The third-order valence-electron chi connectivity index (χ3n) is 2.72. The minimum atomic E-state index is -3.34. The Kier molecular flexibility index (Phi) is 4.35. The van der Waals surface area contributed by atoms with Gasteiger partial charge in [-0.2, -0.15) is 0 Å². The second kappa shape index (κ2) is 5.83. The standard InChI is InChI=1S/C13H15ClN2O2S/c14-12-6-5-10(2-1-7-15)8-13(12)16-19(17,18)9-11-3-4-11/h5-6,8,11,16H,3-4,7,9,15H2. The van der Waals surface area contributed by atoms with E-state index < -0.39 is 10.0 Å². The Morgan fingerprint density at radius 1 is 1.42 bits per heavy atom. The third-order valence-corrected chi connectivity index (χ3v) is 4.49. The molecule has 0 heterocycles. The summed E-state index contributed by atoms with van der Waals surface area (Å²) in [5, 5.41) is 0.359. The highest BCUT2D eigenvalue weighted by atomic mass is 35.5. The maximum absolute atomic E-state index is 11.9. The van der Waals surface area contributed by atoms with Crippen molar-refractivity contribution in [1.29, 1.82) is 0 Å². The Balaban J connectivity index is 2.18. The first-order chi connectivity index (χ1) is 9.00. The van der Waals surface area contributed by atoms with Gasteiger partial charge in [0, 0.05) is 5.56 Å². The zero-order valence-electron chi connectivity index (χ0n) is 10.3. The second-order valence-corrected chi connectivity index (χ2v) is 6.70. The van der Waals surface area contributed by atoms with Crippen molar-refractivity contribution in [3.05, 3.63) is 28.8 Å². The molecule has 0 amide bonds. The molecule has 2 rings (SSSR count). The number of sulfonamides is 1. The lowest BCUT2D eigenvalue weighted by Crippen LogP contribution is -2.18. The maximum Gasteiger partial charge on any atom is 0.233 e. The zero-order valence-corrected chi connectivity index (χ0v) is 11.9. The van der Waals surface area contributed by atoms with Crippen LogP contribution in [0.1, 0.15) is 18.4 Å². The summed E-state index contributed by atoms with van der Waals surface area (Å²) in [7, 11) is -3.34. The minimum Gasteiger partial charge on any atom is -0.320 e. The van der Waals surface area contributed by atoms with Crippen molar-refractivity contribution in [2.24, 2.45) is 11.7 Å². The molecule has 0 unspecified atom stereocenters. The molecule has 0 spiro atoms. The fourth-order valence-electron chi connectivity index (χ4n) is 1.64. The fraction of sp³-hybridized carbons (Fsp3) is 0.385. The van der Waals surface area contributed by atoms with Gasteiger partial charge in [0.2, 0.25) is 10.0 Å². The summed E-state index contributed by atoms with van der Waals surface area (Å²) in [6, 6.07) is 4.97. The van der Waals surface area contributed by atoms with Gasteiger partial charge >= 0.3 is 0 Å². The molecule has 0 bridgehead atoms. The SMILES string of the molecule is NCC#Cc1ccc(Cl)c(NS(=O)(=O)CC2CC2)c1. The molecule has 0 aliphatic heterocycles. The molecule has 1 aromatic rings. The van der Waals surface area contributed by atoms with E-state index in [9.17, 15) is 8.42 Å². The van der Waals surface area contributed by atoms with Crippen LogP contribution in [0.5, 0.6) is 0 Å². The van der Waals surface area contributed by atoms with Crippen LogP contribution in [0.25, 0.3) is 0 Å². The van der Waals surface area contributed by atoms with Gasteiger partial charge in [0.25, 0.3) is 0 Å². The molecule has 3 N–H and O–H groups in total. The molecule has 4 nitrogen and oxygen atoms in total. The molecule has 19 heavy (non-hydrogen) atoms. The molecule has 1 aliphatic carbocycles. The molecular weight excluding hydrogens is 284 g/mol. The van der Waals surface area contributed by atoms with Crippen LogP contribution in [-0.2, 0) is 10.0 Å². The average Bonchev–Trinajstić information content (AvgIpc) is 3.13. The summed E-state index contributed by atoms with van der Waals surface area (Å²) in [6.07, 6.45) is 1.97. The Hall–Kier alpha value is -1.22. The highest BCUT2D eigenvalue weighted by molar-refractivity contribution is 7.92. The normalized spacial score (nSPS) is 14.6. The molecule has 0 atom stereocenters. The molecule has 1 aliphatic rings. The van der Waals surface area contributed by atoms with Crippen LogP contribution in [-0.4, -0.2) is 20.7 Å². The van der Waals surface area contributed by atoms with Crippen molar-refractivity contribution < 1.29 is 8.42 Å². The number of hydrogen-bond acceptors (Lipinski definition) is 3. The summed E-state index contributed by atoms with van der Waals surface area (Å²) in [6.45, 7) is 0.255. The smallest absolute Gasteiger partial charge is 0.233 e. The van der Waals surface area contributed by atoms with E-state index in [0.29, 0.717) is 16.3 Å². The van der Waals surface area contributed by atoms with Crippen molar-refractivity contribution in [1.82, 2.24) is 0 Å². The van der Waals surface area contributed by atoms with E-state index in [1.54, 1.807) is 18.2 Å². The van der Waals surface area contributed by atoms with Gasteiger partial charge in [-0.25, -0.2) is 8.42 Å². The average molecular weight is 299 g/mol. The molecule has 0 saturated heterocycles. The van der Waals surface area contributed by atoms with Crippen molar-refractivity contribution in [3.63, 3.8) is 0 Å². The number of halogens is 1. The van der Waals surface area contributed by atoms with Gasteiger partial charge < -0.3 is 5.73 Å². The van der Waals surface area contributed by atoms with Crippen LogP contribution in [0.3, 0.4) is 0 Å². The van der Waals surface area contributed by atoms with E-state index in [1.165, 1.54) is 0 Å². The van der Waals surface area contributed by atoms with Crippen LogP contribution >= 0.6 is 11.6 Å². The van der Waals surface area contributed by atoms with Gasteiger partial charge in [-0.15, -0.1) is 0 Å². The number of nitrogens with one attached hydrogen (secondary N) is 1. The highest BCUT2D eigenvalue weighted by Gasteiger charge is 2.28. The zero-order chi connectivity index (χ0) is 13.9. The first kappa shape index (κ1) is 14.2. The Morgan fingerprint density at radius 2 is 2.16 bits per heavy atom. The highest BCUT2D eigenvalue weighted by Crippen LogP contribution is 2.31. The van der Waals surface area contributed by atoms with Gasteiger partial charge in [-0.05, 0) is 37.0 Å². The number of anilines is 1. The van der Waals surface area contributed by atoms with E-state index in [1.807, 2.05) is 0 Å². The number of hydrogen-bond donors (Lipinski definition) is 2. The molecular formula is C13H15ClN2O2S. The Labute approximate surface area is 118 Å². The van der Waals surface area contributed by atoms with Gasteiger partial charge in [0.1, 0.15) is 0 Å². The molecule has 102 valence electrons. The van der Waals surface area contributed by atoms with Crippen LogP contribution < -0.4 is 10.5 Å². The molecule has 1 aromatic carbocycles. The predicted molar refractivity (Wildman–Crippen MR) is 77.5 cm³/mol. The van der Waals surface area contributed by atoms with Crippen molar-refractivity contribution >= 4 is 27.3 Å². The summed E-state index contributed by atoms with van der Waals surface area (Å²) < 4.78 is 26.3. The second-order valence-electron chi connectivity index (χ2n) is 4.53. The monoisotopic (exact) mass is 298 g/mol. The largest absolute Gasteiger partial charge is 0.320 e. The van der Waals surface area contributed by atoms with Gasteiger partial charge in [-0.3, -0.25) is 4.72 Å². The maximum atomic E-state index is 11.9. The van der Waals surface area contributed by atoms with E-state index in [4.69, 9.17) is 17.3 Å². The van der Waals surface area contributed by atoms with E-state index in [0.717, 1.165) is 12.8 Å². The van der Waals surface area contributed by atoms with Gasteiger partial charge in [0.05, 0.1) is 23.0 Å². The number of rotatable bonds is 4. The van der Waals surface area contributed by atoms with E-state index in [-0.39, 0.29) is 18.2 Å². The lowest BCUT2D eigenvalue weighted by atomic mass is 10.2. The molecule has 1 fully saturated rings. The quantitative estimate of drug-likeness (QED) is 0.833. The topological polar surface area (TPSA) is 72.2 Å². The first-order valence-electron chi connectivity index (χ1n) is 5.99. The van der Waals surface area contributed by atoms with Crippen molar-refractivity contribution in [2.75, 3.05) is 17.0 Å². The molecule has 0 radical (unpaired) electrons. The van der Waals surface area contributed by atoms with Crippen LogP contribution in [0.2, 0.25) is 5.02 Å². The molecule has 6 heteroatoms. The summed E-state index contributed by atoms with van der Waals surface area (Å²) in [5.41, 5.74) is 6.34. The van der Waals surface area contributed by atoms with Gasteiger partial charge in [-0.1, -0.05) is 23.4 Å². The Bertz CT molecular complexity index is 628. The van der Waals surface area contributed by atoms with E-state index in [2.05, 4.69) is 16.6 Å². The summed E-state index contributed by atoms with van der Waals surface area (Å²) in [5.74, 6) is 6.00. The van der Waals surface area contributed by atoms with Gasteiger partial charge in [0.15, 0.2) is 0 Å². The van der Waals surface area contributed by atoms with Crippen LogP contribution in [0, 0.1) is 17.8 Å². The summed E-state index contributed by atoms with van der Waals surface area (Å²) in [4.78, 5) is 0. The summed E-state index contributed by atoms with van der Waals surface area (Å²) >= 11 is 5.99. The van der Waals surface area contributed by atoms with Crippen molar-refractivity contribution in [3.8, 4) is 11.8 Å². The van der Waals surface area contributed by atoms with Crippen LogP contribution in [0.4, 0.5) is 5.69 Å². The molecule has 1 saturated carbocycles. The van der Waals surface area contributed by atoms with Crippen LogP contribution in [0.15, 0.2) is 18.2 Å². The fourth-order valence-corrected chi connectivity index (χ4v) is 3.40. The van der Waals surface area contributed by atoms with E-state index >= 15 is 0 Å². The number of benzene rings is 1. The molecule has 0 aromatic heterocycles. The lowest BCUT2D eigenvalue weighted by molar-refractivity contribution is 0.597. The first-order valence-corrected chi connectivity index (χ1v) is 8.02. The lowest BCUT2D eigenvalue weighted by Gasteiger charge is -2.09. The Morgan fingerprint density at radius 3 is 2.79 bits per heavy atom. The number of nitrogens with two attached hydrogens (primary N) is 1. The van der Waals surface area contributed by atoms with Crippen molar-refractivity contribution in [2.45, 2.75) is 12.8 Å². The minimum absolute atomic E-state index is 0.155. The third kappa shape index (κ3) is 4.43. The predicted octanol–water partition coefficient (Wildman–Crippen LogP) is 1.80.